The summed E-state index contributed by atoms with van der Waals surface area (Å²) >= 11 is 1.50. The monoisotopic (exact) mass is 346 g/mol. The van der Waals surface area contributed by atoms with Crippen LogP contribution >= 0.6 is 11.3 Å². The van der Waals surface area contributed by atoms with Gasteiger partial charge < -0.3 is 14.2 Å². The molecule has 1 saturated heterocycles. The Morgan fingerprint density at radius 1 is 1.29 bits per heavy atom. The molecule has 0 N–H and O–H groups in total. The molecule has 0 bridgehead atoms. The summed E-state index contributed by atoms with van der Waals surface area (Å²) in [6, 6.07) is 7.87. The predicted molar refractivity (Wildman–Crippen MR) is 90.9 cm³/mol. The van der Waals surface area contributed by atoms with Crippen LogP contribution in [0.1, 0.15) is 12.8 Å². The van der Waals surface area contributed by atoms with Gasteiger partial charge >= 0.3 is 0 Å². The van der Waals surface area contributed by atoms with E-state index in [-0.39, 0.29) is 17.8 Å². The van der Waals surface area contributed by atoms with E-state index in [2.05, 4.69) is 4.98 Å². The number of anilines is 1. The topological polar surface area (TPSA) is 60.9 Å². The van der Waals surface area contributed by atoms with Crippen LogP contribution in [-0.2, 0) is 19.0 Å². The number of carbonyl (C=O) groups is 1. The van der Waals surface area contributed by atoms with Gasteiger partial charge in [-0.2, -0.15) is 0 Å². The molecular formula is C17H18N2O4S. The molecule has 1 atom stereocenters. The third-order valence-electron chi connectivity index (χ3n) is 4.03. The Bertz CT molecular complexity index is 734. The van der Waals surface area contributed by atoms with E-state index in [0.29, 0.717) is 24.9 Å². The molecule has 24 heavy (non-hydrogen) atoms. The van der Waals surface area contributed by atoms with Crippen LogP contribution in [0.4, 0.5) is 5.13 Å². The maximum atomic E-state index is 12.9. The summed E-state index contributed by atoms with van der Waals surface area (Å²) < 4.78 is 17.5. The average molecular weight is 346 g/mol. The number of benzene rings is 1. The van der Waals surface area contributed by atoms with Gasteiger partial charge in [-0.3, -0.25) is 9.69 Å². The van der Waals surface area contributed by atoms with E-state index in [1.165, 1.54) is 17.6 Å². The molecule has 1 amide bonds. The molecule has 4 rings (SSSR count). The van der Waals surface area contributed by atoms with E-state index in [9.17, 15) is 4.79 Å². The number of para-hydroxylation sites is 1. The SMILES string of the molecule is O=C(C1=COCCO1)N(CC1CCCO1)c1nc2ccccc2s1. The van der Waals surface area contributed by atoms with Gasteiger partial charge in [-0.05, 0) is 25.0 Å². The number of thiazole rings is 1. The number of aromatic nitrogens is 1. The molecule has 6 nitrogen and oxygen atoms in total. The van der Waals surface area contributed by atoms with Gasteiger partial charge in [0.25, 0.3) is 5.91 Å². The van der Waals surface area contributed by atoms with Crippen LogP contribution in [-0.4, -0.2) is 43.4 Å². The molecule has 1 fully saturated rings. The molecule has 0 aliphatic carbocycles. The fraction of sp³-hybridized carbons (Fsp3) is 0.412. The molecular weight excluding hydrogens is 328 g/mol. The third-order valence-corrected chi connectivity index (χ3v) is 5.09. The van der Waals surface area contributed by atoms with Gasteiger partial charge in [-0.1, -0.05) is 23.5 Å². The second kappa shape index (κ2) is 6.78. The van der Waals surface area contributed by atoms with Crippen molar-refractivity contribution >= 4 is 32.6 Å². The van der Waals surface area contributed by atoms with E-state index in [1.807, 2.05) is 24.3 Å². The Kier molecular flexibility index (Phi) is 4.36. The Balaban J connectivity index is 1.65. The Morgan fingerprint density at radius 3 is 2.96 bits per heavy atom. The summed E-state index contributed by atoms with van der Waals surface area (Å²) in [5.74, 6) is -0.0113. The van der Waals surface area contributed by atoms with Crippen molar-refractivity contribution in [2.45, 2.75) is 18.9 Å². The minimum Gasteiger partial charge on any atom is -0.494 e. The quantitative estimate of drug-likeness (QED) is 0.852. The normalized spacial score (nSPS) is 20.3. The fourth-order valence-corrected chi connectivity index (χ4v) is 3.80. The van der Waals surface area contributed by atoms with E-state index in [1.54, 1.807) is 4.90 Å². The zero-order valence-corrected chi connectivity index (χ0v) is 14.0. The number of rotatable bonds is 4. The molecule has 1 aromatic heterocycles. The van der Waals surface area contributed by atoms with E-state index < -0.39 is 0 Å². The third kappa shape index (κ3) is 3.09. The lowest BCUT2D eigenvalue weighted by Gasteiger charge is -2.25. The van der Waals surface area contributed by atoms with Gasteiger partial charge in [0, 0.05) is 6.61 Å². The number of hydrogen-bond acceptors (Lipinski definition) is 6. The second-order valence-corrected chi connectivity index (χ2v) is 6.73. The van der Waals surface area contributed by atoms with Crippen molar-refractivity contribution in [1.82, 2.24) is 4.98 Å². The summed E-state index contributed by atoms with van der Waals surface area (Å²) in [7, 11) is 0. The molecule has 7 heteroatoms. The van der Waals surface area contributed by atoms with Gasteiger partial charge in [-0.25, -0.2) is 4.98 Å². The van der Waals surface area contributed by atoms with Gasteiger partial charge in [-0.15, -0.1) is 0 Å². The van der Waals surface area contributed by atoms with Crippen molar-refractivity contribution in [3.8, 4) is 0 Å². The number of fused-ring (bicyclic) bond motifs is 1. The molecule has 0 saturated carbocycles. The molecule has 2 aromatic rings. The van der Waals surface area contributed by atoms with Crippen molar-refractivity contribution in [2.24, 2.45) is 0 Å². The number of ether oxygens (including phenoxy) is 3. The molecule has 0 spiro atoms. The number of carbonyl (C=O) groups excluding carboxylic acids is 1. The Hall–Kier alpha value is -2.12. The lowest BCUT2D eigenvalue weighted by Crippen LogP contribution is -2.39. The second-order valence-electron chi connectivity index (χ2n) is 5.72. The minimum atomic E-state index is -0.232. The highest BCUT2D eigenvalue weighted by Crippen LogP contribution is 2.30. The van der Waals surface area contributed by atoms with E-state index in [4.69, 9.17) is 14.2 Å². The first-order valence-corrected chi connectivity index (χ1v) is 8.86. The molecule has 1 unspecified atom stereocenters. The highest BCUT2D eigenvalue weighted by molar-refractivity contribution is 7.22. The summed E-state index contributed by atoms with van der Waals surface area (Å²) in [4.78, 5) is 19.2. The standard InChI is InChI=1S/C17H18N2O4S/c20-16(14-11-21-8-9-23-14)19(10-12-4-3-7-22-12)17-18-13-5-1-2-6-15(13)24-17/h1-2,5-6,11-12H,3-4,7-10H2. The Morgan fingerprint density at radius 2 is 2.21 bits per heavy atom. The highest BCUT2D eigenvalue weighted by atomic mass is 32.1. The van der Waals surface area contributed by atoms with Gasteiger partial charge in [0.05, 0.1) is 22.9 Å². The average Bonchev–Trinajstić information content (AvgIpc) is 3.29. The summed E-state index contributed by atoms with van der Waals surface area (Å²) in [5, 5.41) is 0.659. The van der Waals surface area contributed by atoms with Crippen LogP contribution in [0.2, 0.25) is 0 Å². The zero-order valence-electron chi connectivity index (χ0n) is 13.1. The van der Waals surface area contributed by atoms with Crippen molar-refractivity contribution in [3.05, 3.63) is 36.3 Å². The lowest BCUT2D eigenvalue weighted by atomic mass is 10.2. The Labute approximate surface area is 143 Å². The first-order valence-electron chi connectivity index (χ1n) is 8.05. The van der Waals surface area contributed by atoms with Crippen LogP contribution in [0, 0.1) is 0 Å². The van der Waals surface area contributed by atoms with Crippen molar-refractivity contribution in [3.63, 3.8) is 0 Å². The van der Waals surface area contributed by atoms with Crippen LogP contribution in [0.5, 0.6) is 0 Å². The van der Waals surface area contributed by atoms with Crippen LogP contribution in [0.3, 0.4) is 0 Å². The lowest BCUT2D eigenvalue weighted by molar-refractivity contribution is -0.120. The smallest absolute Gasteiger partial charge is 0.298 e. The summed E-state index contributed by atoms with van der Waals surface area (Å²) in [5.41, 5.74) is 0.887. The highest BCUT2D eigenvalue weighted by Gasteiger charge is 2.30. The fourth-order valence-electron chi connectivity index (χ4n) is 2.83. The molecule has 2 aliphatic rings. The van der Waals surface area contributed by atoms with E-state index >= 15 is 0 Å². The first kappa shape index (κ1) is 15.4. The molecule has 3 heterocycles. The number of hydrogen-bond donors (Lipinski definition) is 0. The van der Waals surface area contributed by atoms with Crippen molar-refractivity contribution < 1.29 is 19.0 Å². The summed E-state index contributed by atoms with van der Waals surface area (Å²) in [6.07, 6.45) is 3.40. The number of nitrogens with zero attached hydrogens (tertiary/aromatic N) is 2. The maximum Gasteiger partial charge on any atom is 0.298 e. The summed E-state index contributed by atoms with van der Waals surface area (Å²) in [6.45, 7) is 2.06. The van der Waals surface area contributed by atoms with Crippen molar-refractivity contribution in [2.75, 3.05) is 31.3 Å². The first-order chi connectivity index (χ1) is 11.8. The molecule has 2 aliphatic heterocycles. The van der Waals surface area contributed by atoms with Gasteiger partial charge in [0.15, 0.2) is 5.13 Å². The largest absolute Gasteiger partial charge is 0.494 e. The van der Waals surface area contributed by atoms with Gasteiger partial charge in [0.1, 0.15) is 19.5 Å². The van der Waals surface area contributed by atoms with Crippen LogP contribution in [0.25, 0.3) is 10.2 Å². The van der Waals surface area contributed by atoms with Crippen LogP contribution < -0.4 is 4.90 Å². The predicted octanol–water partition coefficient (Wildman–Crippen LogP) is 2.70. The maximum absolute atomic E-state index is 12.9. The molecule has 0 radical (unpaired) electrons. The van der Waals surface area contributed by atoms with E-state index in [0.717, 1.165) is 29.7 Å². The van der Waals surface area contributed by atoms with Gasteiger partial charge in [0.2, 0.25) is 5.76 Å². The molecule has 126 valence electrons. The minimum absolute atomic E-state index is 0.0334. The molecule has 1 aromatic carbocycles. The zero-order chi connectivity index (χ0) is 16.4. The van der Waals surface area contributed by atoms with Crippen LogP contribution in [0.15, 0.2) is 36.3 Å². The van der Waals surface area contributed by atoms with Crippen molar-refractivity contribution in [1.29, 1.82) is 0 Å². The number of amides is 1.